The molecule has 1 aliphatic carbocycles. The topological polar surface area (TPSA) is 49.6 Å². The minimum atomic E-state index is -0.501. The SMILES string of the molecule is CC1CCCC(N(C)c2ccc3c(c2)N(C)C(=O)C3N)C1. The maximum absolute atomic E-state index is 12.0. The van der Waals surface area contributed by atoms with Gasteiger partial charge in [0.2, 0.25) is 5.91 Å². The first-order chi connectivity index (χ1) is 9.99. The van der Waals surface area contributed by atoms with Crippen molar-refractivity contribution in [1.29, 1.82) is 0 Å². The summed E-state index contributed by atoms with van der Waals surface area (Å²) >= 11 is 0. The third kappa shape index (κ3) is 2.42. The molecule has 0 spiro atoms. The lowest BCUT2D eigenvalue weighted by Crippen LogP contribution is -2.35. The van der Waals surface area contributed by atoms with Crippen LogP contribution in [0.3, 0.4) is 0 Å². The number of hydrogen-bond donors (Lipinski definition) is 1. The molecule has 1 aromatic rings. The van der Waals surface area contributed by atoms with Crippen LogP contribution in [0.15, 0.2) is 18.2 Å². The molecule has 2 N–H and O–H groups in total. The van der Waals surface area contributed by atoms with E-state index in [4.69, 9.17) is 5.73 Å². The molecule has 0 aromatic heterocycles. The molecule has 4 heteroatoms. The van der Waals surface area contributed by atoms with E-state index in [1.54, 1.807) is 11.9 Å². The number of amides is 1. The Kier molecular flexibility index (Phi) is 3.66. The molecular weight excluding hydrogens is 262 g/mol. The average molecular weight is 287 g/mol. The molecule has 3 unspecified atom stereocenters. The first-order valence-corrected chi connectivity index (χ1v) is 7.89. The van der Waals surface area contributed by atoms with Crippen LogP contribution in [0.2, 0.25) is 0 Å². The predicted octanol–water partition coefficient (Wildman–Crippen LogP) is 2.68. The van der Waals surface area contributed by atoms with Crippen molar-refractivity contribution < 1.29 is 4.79 Å². The van der Waals surface area contributed by atoms with E-state index in [2.05, 4.69) is 31.0 Å². The quantitative estimate of drug-likeness (QED) is 0.910. The van der Waals surface area contributed by atoms with E-state index in [1.807, 2.05) is 6.07 Å². The average Bonchev–Trinajstić information content (AvgIpc) is 2.71. The zero-order valence-corrected chi connectivity index (χ0v) is 13.2. The van der Waals surface area contributed by atoms with Gasteiger partial charge in [-0.25, -0.2) is 0 Å². The smallest absolute Gasteiger partial charge is 0.248 e. The first-order valence-electron chi connectivity index (χ1n) is 7.89. The van der Waals surface area contributed by atoms with E-state index in [-0.39, 0.29) is 5.91 Å². The normalized spacial score (nSPS) is 28.7. The summed E-state index contributed by atoms with van der Waals surface area (Å²) in [6.45, 7) is 2.34. The summed E-state index contributed by atoms with van der Waals surface area (Å²) < 4.78 is 0. The van der Waals surface area contributed by atoms with E-state index < -0.39 is 6.04 Å². The number of fused-ring (bicyclic) bond motifs is 1. The zero-order valence-electron chi connectivity index (χ0n) is 13.2. The van der Waals surface area contributed by atoms with Crippen molar-refractivity contribution in [3.05, 3.63) is 23.8 Å². The Bertz CT molecular complexity index is 557. The van der Waals surface area contributed by atoms with Crippen molar-refractivity contribution in [3.8, 4) is 0 Å². The molecule has 4 nitrogen and oxygen atoms in total. The van der Waals surface area contributed by atoms with Gasteiger partial charge in [0, 0.05) is 31.4 Å². The highest BCUT2D eigenvalue weighted by Crippen LogP contribution is 2.37. The molecule has 1 amide bonds. The van der Waals surface area contributed by atoms with Gasteiger partial charge in [-0.05, 0) is 30.9 Å². The lowest BCUT2D eigenvalue weighted by molar-refractivity contribution is -0.118. The van der Waals surface area contributed by atoms with Crippen LogP contribution in [0.4, 0.5) is 11.4 Å². The number of carbonyl (C=O) groups excluding carboxylic acids is 1. The van der Waals surface area contributed by atoms with Crippen LogP contribution in [0.25, 0.3) is 0 Å². The number of likely N-dealkylation sites (N-methyl/N-ethyl adjacent to an activating group) is 1. The molecule has 0 bridgehead atoms. The Hall–Kier alpha value is -1.55. The molecule has 0 radical (unpaired) electrons. The summed E-state index contributed by atoms with van der Waals surface area (Å²) in [6.07, 6.45) is 5.17. The number of nitrogens with zero attached hydrogens (tertiary/aromatic N) is 2. The number of anilines is 2. The molecule has 1 heterocycles. The van der Waals surface area contributed by atoms with Crippen molar-refractivity contribution in [1.82, 2.24) is 0 Å². The Morgan fingerprint density at radius 2 is 2.10 bits per heavy atom. The van der Waals surface area contributed by atoms with Gasteiger partial charge in [-0.1, -0.05) is 25.8 Å². The van der Waals surface area contributed by atoms with Gasteiger partial charge >= 0.3 is 0 Å². The fourth-order valence-corrected chi connectivity index (χ4v) is 3.73. The van der Waals surface area contributed by atoms with E-state index in [0.29, 0.717) is 6.04 Å². The number of carbonyl (C=O) groups is 1. The van der Waals surface area contributed by atoms with Crippen molar-refractivity contribution in [2.45, 2.75) is 44.7 Å². The standard InChI is InChI=1S/C17H25N3O/c1-11-5-4-6-12(9-11)19(2)13-7-8-14-15(10-13)20(3)17(21)16(14)18/h7-8,10-12,16H,4-6,9,18H2,1-3H3. The summed E-state index contributed by atoms with van der Waals surface area (Å²) in [7, 11) is 3.97. The Morgan fingerprint density at radius 3 is 2.81 bits per heavy atom. The Morgan fingerprint density at radius 1 is 1.33 bits per heavy atom. The monoisotopic (exact) mass is 287 g/mol. The summed E-state index contributed by atoms with van der Waals surface area (Å²) in [5.74, 6) is 0.786. The summed E-state index contributed by atoms with van der Waals surface area (Å²) in [4.78, 5) is 16.0. The minimum Gasteiger partial charge on any atom is -0.372 e. The van der Waals surface area contributed by atoms with E-state index in [1.165, 1.54) is 31.4 Å². The summed E-state index contributed by atoms with van der Waals surface area (Å²) in [5.41, 5.74) is 9.05. The van der Waals surface area contributed by atoms with Gasteiger partial charge < -0.3 is 15.5 Å². The number of hydrogen-bond acceptors (Lipinski definition) is 3. The second kappa shape index (κ2) is 5.34. The molecule has 3 rings (SSSR count). The van der Waals surface area contributed by atoms with Crippen LogP contribution in [-0.4, -0.2) is 26.0 Å². The molecular formula is C17H25N3O. The van der Waals surface area contributed by atoms with Crippen LogP contribution in [0.5, 0.6) is 0 Å². The molecule has 21 heavy (non-hydrogen) atoms. The fourth-order valence-electron chi connectivity index (χ4n) is 3.73. The molecule has 1 aliphatic heterocycles. The highest BCUT2D eigenvalue weighted by atomic mass is 16.2. The van der Waals surface area contributed by atoms with E-state index in [0.717, 1.165) is 17.2 Å². The van der Waals surface area contributed by atoms with Gasteiger partial charge in [0.15, 0.2) is 0 Å². The molecule has 114 valence electrons. The highest BCUT2D eigenvalue weighted by molar-refractivity contribution is 6.04. The molecule has 2 aliphatic rings. The molecule has 1 aromatic carbocycles. The van der Waals surface area contributed by atoms with Gasteiger partial charge in [0.05, 0.1) is 5.69 Å². The maximum Gasteiger partial charge on any atom is 0.248 e. The van der Waals surface area contributed by atoms with Gasteiger partial charge in [-0.15, -0.1) is 0 Å². The number of nitrogens with two attached hydrogens (primary N) is 1. The third-order valence-electron chi connectivity index (χ3n) is 5.17. The summed E-state index contributed by atoms with van der Waals surface area (Å²) in [6, 6.07) is 6.32. The van der Waals surface area contributed by atoms with E-state index in [9.17, 15) is 4.79 Å². The molecule has 0 saturated heterocycles. The zero-order chi connectivity index (χ0) is 15.1. The van der Waals surface area contributed by atoms with E-state index >= 15 is 0 Å². The van der Waals surface area contributed by atoms with Crippen LogP contribution in [-0.2, 0) is 4.79 Å². The van der Waals surface area contributed by atoms with Crippen LogP contribution >= 0.6 is 0 Å². The third-order valence-corrected chi connectivity index (χ3v) is 5.17. The van der Waals surface area contributed by atoms with Crippen molar-refractivity contribution in [3.63, 3.8) is 0 Å². The first kappa shape index (κ1) is 14.4. The fraction of sp³-hybridized carbons (Fsp3) is 0.588. The predicted molar refractivity (Wildman–Crippen MR) is 86.6 cm³/mol. The van der Waals surface area contributed by atoms with Crippen molar-refractivity contribution >= 4 is 17.3 Å². The highest BCUT2D eigenvalue weighted by Gasteiger charge is 2.33. The van der Waals surface area contributed by atoms with Crippen molar-refractivity contribution in [2.24, 2.45) is 11.7 Å². The van der Waals surface area contributed by atoms with Crippen LogP contribution in [0, 0.1) is 5.92 Å². The minimum absolute atomic E-state index is 0.0175. The molecule has 1 saturated carbocycles. The second-order valence-electron chi connectivity index (χ2n) is 6.65. The molecule has 1 fully saturated rings. The van der Waals surface area contributed by atoms with Gasteiger partial charge in [0.1, 0.15) is 6.04 Å². The Balaban J connectivity index is 1.86. The largest absolute Gasteiger partial charge is 0.372 e. The van der Waals surface area contributed by atoms with Gasteiger partial charge in [-0.2, -0.15) is 0 Å². The lowest BCUT2D eigenvalue weighted by atomic mass is 9.86. The summed E-state index contributed by atoms with van der Waals surface area (Å²) in [5, 5.41) is 0. The van der Waals surface area contributed by atoms with Crippen LogP contribution < -0.4 is 15.5 Å². The number of benzene rings is 1. The Labute approximate surface area is 126 Å². The van der Waals surface area contributed by atoms with Gasteiger partial charge in [0.25, 0.3) is 0 Å². The van der Waals surface area contributed by atoms with Crippen LogP contribution in [0.1, 0.15) is 44.2 Å². The lowest BCUT2D eigenvalue weighted by Gasteiger charge is -2.36. The maximum atomic E-state index is 12.0. The van der Waals surface area contributed by atoms with Gasteiger partial charge in [-0.3, -0.25) is 4.79 Å². The van der Waals surface area contributed by atoms with Crippen molar-refractivity contribution in [2.75, 3.05) is 23.9 Å². The second-order valence-corrected chi connectivity index (χ2v) is 6.65. The number of rotatable bonds is 2. The molecule has 3 atom stereocenters.